The molecule has 0 saturated carbocycles. The molecule has 0 aromatic heterocycles. The highest BCUT2D eigenvalue weighted by molar-refractivity contribution is 6.74. The fourth-order valence-electron chi connectivity index (χ4n) is 2.66. The Labute approximate surface area is 155 Å². The zero-order chi connectivity index (χ0) is 19.6. The van der Waals surface area contributed by atoms with E-state index in [2.05, 4.69) is 33.9 Å². The normalized spacial score (nSPS) is 31.1. The van der Waals surface area contributed by atoms with Gasteiger partial charge in [-0.25, -0.2) is 0 Å². The van der Waals surface area contributed by atoms with Crippen molar-refractivity contribution in [3.63, 3.8) is 0 Å². The molecule has 4 nitrogen and oxygen atoms in total. The molecule has 0 bridgehead atoms. The van der Waals surface area contributed by atoms with E-state index < -0.39 is 32.1 Å². The molecule has 4 atom stereocenters. The Bertz CT molecular complexity index is 575. The molecule has 1 aliphatic rings. The van der Waals surface area contributed by atoms with E-state index in [1.165, 1.54) is 0 Å². The zero-order valence-electron chi connectivity index (χ0n) is 17.0. The first-order valence-electron chi connectivity index (χ1n) is 9.44. The van der Waals surface area contributed by atoms with E-state index in [9.17, 15) is 5.11 Å². The fourth-order valence-corrected chi connectivity index (χ4v) is 3.95. The van der Waals surface area contributed by atoms with E-state index in [1.54, 1.807) is 0 Å². The standard InChI is InChI=1S/C19H31BO4Si/c1-18(2,3)25(5,6)24-15-16(19(4,13-21)23-17(15)20)22-12-14-10-8-7-9-11-14/h7-11,15-17,21H,12-13H2,1-6H3/t15-,16?,17+,19-/m0/s1/i4D. The molecule has 138 valence electrons. The van der Waals surface area contributed by atoms with E-state index in [1.807, 2.05) is 30.3 Å². The summed E-state index contributed by atoms with van der Waals surface area (Å²) in [7, 11) is 4.08. The number of hydrogen-bond donors (Lipinski definition) is 1. The van der Waals surface area contributed by atoms with Crippen LogP contribution in [0.1, 0.15) is 34.6 Å². The number of rotatable bonds is 6. The summed E-state index contributed by atoms with van der Waals surface area (Å²) in [5.41, 5.74) is -0.155. The van der Waals surface area contributed by atoms with E-state index in [4.69, 9.17) is 23.1 Å². The van der Waals surface area contributed by atoms with Crippen LogP contribution < -0.4 is 0 Å². The largest absolute Gasteiger partial charge is 0.409 e. The highest BCUT2D eigenvalue weighted by Crippen LogP contribution is 2.42. The lowest BCUT2D eigenvalue weighted by Crippen LogP contribution is -2.52. The van der Waals surface area contributed by atoms with Crippen molar-refractivity contribution in [2.45, 2.75) is 76.2 Å². The van der Waals surface area contributed by atoms with Crippen LogP contribution in [-0.4, -0.2) is 51.7 Å². The lowest BCUT2D eigenvalue weighted by atomic mass is 9.90. The topological polar surface area (TPSA) is 47.9 Å². The third-order valence-corrected chi connectivity index (χ3v) is 9.76. The Morgan fingerprint density at radius 1 is 1.32 bits per heavy atom. The van der Waals surface area contributed by atoms with Gasteiger partial charge in [0.1, 0.15) is 19.6 Å². The van der Waals surface area contributed by atoms with Crippen LogP contribution in [0.2, 0.25) is 18.1 Å². The second kappa shape index (κ2) is 7.53. The molecule has 0 aliphatic carbocycles. The van der Waals surface area contributed by atoms with Crippen LogP contribution in [0, 0.1) is 0 Å². The summed E-state index contributed by atoms with van der Waals surface area (Å²) >= 11 is 0. The smallest absolute Gasteiger partial charge is 0.192 e. The second-order valence-corrected chi connectivity index (χ2v) is 13.1. The lowest BCUT2D eigenvalue weighted by Gasteiger charge is -2.41. The molecule has 1 saturated heterocycles. The van der Waals surface area contributed by atoms with E-state index in [0.717, 1.165) is 5.56 Å². The van der Waals surface area contributed by atoms with Gasteiger partial charge >= 0.3 is 0 Å². The highest BCUT2D eigenvalue weighted by Gasteiger charge is 2.54. The van der Waals surface area contributed by atoms with Gasteiger partial charge in [-0.1, -0.05) is 51.1 Å². The quantitative estimate of drug-likeness (QED) is 0.789. The van der Waals surface area contributed by atoms with Crippen LogP contribution in [-0.2, 0) is 20.5 Å². The van der Waals surface area contributed by atoms with Crippen molar-refractivity contribution in [2.24, 2.45) is 0 Å². The van der Waals surface area contributed by atoms with Crippen molar-refractivity contribution in [1.29, 1.82) is 0 Å². The molecule has 1 aromatic rings. The maximum Gasteiger partial charge on any atom is 0.192 e. The molecule has 0 spiro atoms. The number of aliphatic hydroxyl groups excluding tert-OH is 1. The molecule has 1 heterocycles. The Morgan fingerprint density at radius 3 is 2.48 bits per heavy atom. The Hall–Kier alpha value is -0.658. The first-order valence-corrected chi connectivity index (χ1v) is 11.6. The number of ether oxygens (including phenoxy) is 2. The molecule has 6 heteroatoms. The summed E-state index contributed by atoms with van der Waals surface area (Å²) in [6, 6.07) is 9.05. The predicted octanol–water partition coefficient (Wildman–Crippen LogP) is 3.24. The maximum absolute atomic E-state index is 9.95. The number of aliphatic hydroxyl groups is 1. The van der Waals surface area contributed by atoms with Gasteiger partial charge in [0, 0.05) is 7.37 Å². The van der Waals surface area contributed by atoms with Crippen molar-refractivity contribution in [1.82, 2.24) is 0 Å². The Balaban J connectivity index is 2.25. The van der Waals surface area contributed by atoms with Crippen molar-refractivity contribution in [3.8, 4) is 0 Å². The van der Waals surface area contributed by atoms with E-state index in [-0.39, 0.29) is 18.5 Å². The van der Waals surface area contributed by atoms with E-state index in [0.29, 0.717) is 6.61 Å². The molecule has 2 rings (SSSR count). The van der Waals surface area contributed by atoms with Crippen LogP contribution in [0.3, 0.4) is 0 Å². The molecular weight excluding hydrogens is 331 g/mol. The van der Waals surface area contributed by atoms with E-state index >= 15 is 0 Å². The molecule has 1 aliphatic heterocycles. The van der Waals surface area contributed by atoms with Crippen molar-refractivity contribution < 1.29 is 20.4 Å². The van der Waals surface area contributed by atoms with Crippen LogP contribution >= 0.6 is 0 Å². The van der Waals surface area contributed by atoms with Crippen molar-refractivity contribution >= 4 is 16.2 Å². The molecule has 1 unspecified atom stereocenters. The van der Waals surface area contributed by atoms with Crippen LogP contribution in [0.5, 0.6) is 0 Å². The molecule has 1 N–H and O–H groups in total. The molecule has 25 heavy (non-hydrogen) atoms. The number of hydrogen-bond acceptors (Lipinski definition) is 4. The van der Waals surface area contributed by atoms with Gasteiger partial charge in [0.15, 0.2) is 8.32 Å². The minimum Gasteiger partial charge on any atom is -0.409 e. The summed E-state index contributed by atoms with van der Waals surface area (Å²) in [6.07, 6.45) is -1.12. The molecule has 2 radical (unpaired) electrons. The summed E-state index contributed by atoms with van der Waals surface area (Å²) in [5.74, 6) is 0. The predicted molar refractivity (Wildman–Crippen MR) is 103 cm³/mol. The maximum atomic E-state index is 9.95. The fraction of sp³-hybridized carbons (Fsp3) is 0.684. The molecule has 1 aromatic carbocycles. The number of benzene rings is 1. The van der Waals surface area contributed by atoms with Crippen molar-refractivity contribution in [3.05, 3.63) is 35.9 Å². The minimum absolute atomic E-state index is 0.00211. The SMILES string of the molecule is [2H]C[C@@]1(CO)O[C@@H]([B])[C@@H](O[Si](C)(C)C(C)(C)C)C1OCc1ccccc1. The van der Waals surface area contributed by atoms with Gasteiger partial charge in [0.25, 0.3) is 0 Å². The zero-order valence-corrected chi connectivity index (χ0v) is 17.0. The minimum atomic E-state index is -2.13. The average Bonchev–Trinajstić information content (AvgIpc) is 2.84. The summed E-state index contributed by atoms with van der Waals surface area (Å²) in [6.45, 7) is 10.6. The van der Waals surface area contributed by atoms with Gasteiger partial charge < -0.3 is 19.0 Å². The van der Waals surface area contributed by atoms with Gasteiger partial charge in [-0.2, -0.15) is 0 Å². The average molecular weight is 363 g/mol. The first kappa shape index (κ1) is 19.1. The lowest BCUT2D eigenvalue weighted by molar-refractivity contribution is -0.117. The van der Waals surface area contributed by atoms with Gasteiger partial charge in [-0.15, -0.1) is 0 Å². The second-order valence-electron chi connectivity index (χ2n) is 8.37. The molecule has 0 amide bonds. The summed E-state index contributed by atoms with van der Waals surface area (Å²) in [5, 5.41) is 9.96. The van der Waals surface area contributed by atoms with Gasteiger partial charge in [0.05, 0.1) is 19.3 Å². The van der Waals surface area contributed by atoms with Crippen LogP contribution in [0.15, 0.2) is 30.3 Å². The molecule has 1 fully saturated rings. The summed E-state index contributed by atoms with van der Waals surface area (Å²) < 4.78 is 26.4. The Kier molecular flexibility index (Phi) is 5.76. The van der Waals surface area contributed by atoms with Gasteiger partial charge in [0.2, 0.25) is 0 Å². The van der Waals surface area contributed by atoms with Crippen LogP contribution in [0.25, 0.3) is 0 Å². The molecular formula is C19H31BO4Si. The first-order chi connectivity index (χ1) is 12.1. The van der Waals surface area contributed by atoms with Gasteiger partial charge in [-0.3, -0.25) is 0 Å². The van der Waals surface area contributed by atoms with Crippen molar-refractivity contribution in [2.75, 3.05) is 6.61 Å². The third-order valence-electron chi connectivity index (χ3n) is 5.29. The van der Waals surface area contributed by atoms with Gasteiger partial charge in [-0.05, 0) is 30.6 Å². The third kappa shape index (κ3) is 4.55. The highest BCUT2D eigenvalue weighted by atomic mass is 28.4. The Morgan fingerprint density at radius 2 is 1.96 bits per heavy atom. The summed E-state index contributed by atoms with van der Waals surface area (Å²) in [4.78, 5) is 0. The monoisotopic (exact) mass is 363 g/mol. The van der Waals surface area contributed by atoms with Crippen LogP contribution in [0.4, 0.5) is 0 Å².